The normalized spacial score (nSPS) is 17.8. The number of aromatic nitrogens is 2. The fourth-order valence-electron chi connectivity index (χ4n) is 7.35. The first-order chi connectivity index (χ1) is 38.2. The lowest BCUT2D eigenvalue weighted by Gasteiger charge is -2.12. The second-order valence-electron chi connectivity index (χ2n) is 13.0. The van der Waals surface area contributed by atoms with Gasteiger partial charge in [0.2, 0.25) is 0 Å². The third-order valence-electron chi connectivity index (χ3n) is 9.82. The molecule has 9 aromatic carbocycles. The Morgan fingerprint density at radius 2 is 1.07 bits per heavy atom. The number of para-hydroxylation sites is 4. The van der Waals surface area contributed by atoms with Crippen LogP contribution in [-0.4, -0.2) is 9.13 Å². The van der Waals surface area contributed by atoms with Gasteiger partial charge in [0, 0.05) is 49.3 Å². The van der Waals surface area contributed by atoms with Gasteiger partial charge in [-0.3, -0.25) is 0 Å². The van der Waals surface area contributed by atoms with Crippen LogP contribution in [0.25, 0.3) is 110 Å². The maximum absolute atomic E-state index is 10.1. The summed E-state index contributed by atoms with van der Waals surface area (Å²) in [7, 11) is 0. The molecule has 0 aliphatic carbocycles. The number of furan rings is 1. The lowest BCUT2D eigenvalue weighted by molar-refractivity contribution is 0.669. The Labute approximate surface area is 362 Å². The quantitative estimate of drug-likeness (QED) is 0.172. The van der Waals surface area contributed by atoms with Crippen LogP contribution in [0.15, 0.2) is 210 Å². The summed E-state index contributed by atoms with van der Waals surface area (Å²) in [6.45, 7) is 0. The Hall–Kier alpha value is -7.62. The fourth-order valence-corrected chi connectivity index (χ4v) is 7.35. The third kappa shape index (κ3) is 4.92. The van der Waals surface area contributed by atoms with E-state index in [1.54, 1.807) is 30.3 Å². The predicted molar refractivity (Wildman–Crippen MR) is 239 cm³/mol. The second kappa shape index (κ2) is 12.5. The van der Waals surface area contributed by atoms with Gasteiger partial charge in [-0.05, 0) is 100 Å². The van der Waals surface area contributed by atoms with E-state index in [1.165, 1.54) is 21.3 Å². The van der Waals surface area contributed by atoms with E-state index in [4.69, 9.17) is 23.6 Å². The molecule has 0 aliphatic heterocycles. The first-order valence-electron chi connectivity index (χ1n) is 29.5. The molecule has 57 heavy (non-hydrogen) atoms. The summed E-state index contributed by atoms with van der Waals surface area (Å²) in [5.74, 6) is 0. The molecular formula is C54H34N2O. The van der Waals surface area contributed by atoms with Crippen molar-refractivity contribution in [1.82, 2.24) is 9.13 Å². The van der Waals surface area contributed by atoms with Crippen molar-refractivity contribution in [3.8, 4) is 44.8 Å². The molecule has 3 heteroatoms. The third-order valence-corrected chi connectivity index (χ3v) is 9.82. The fraction of sp³-hybridized carbons (Fsp3) is 0. The standard InChI is InChI=1S/C54H34N2O/c1-3-13-35(14-4-1)36-15-11-16-37(31-36)38-26-29-52-47(32-38)48-34-41(27-30-53(48)57-52)55-49-23-9-8-20-44(49)46-33-39(25-28-51(46)55)42-21-12-22-45-43-19-7-10-24-50(43)56(54(42)45)40-17-5-2-6-18-40/h1-34H/i3D,4D,7D,8D,9D,10D,11D,12D,13D,15D,16D,19D,20D,21D,22D,24D,25D,26D,29D,30D,31D,32D,33D,34D. The summed E-state index contributed by atoms with van der Waals surface area (Å²) in [4.78, 5) is 0. The SMILES string of the molecule is [2H]c1cc([2H])c([2H])c(-c2c([2H])c([2H])c([2H])c(-c3c([2H])c([2H])c4oc5c([2H])cc(-n6c7cc([2H])c([2H])c([2H])c7c7c([2H])c(-c8c([2H])c([2H])c([2H])c9c%10c([2H])c([2H])c([2H])c([2H])c%10n(-c%10ccccc%10)c89)c([2H])cc76)c([2H])c5c4c3[2H])c2[2H])c1. The van der Waals surface area contributed by atoms with E-state index in [1.807, 2.05) is 0 Å². The number of benzene rings is 9. The largest absolute Gasteiger partial charge is 0.456 e. The zero-order valence-electron chi connectivity index (χ0n) is 53.1. The van der Waals surface area contributed by atoms with Crippen molar-refractivity contribution in [2.45, 2.75) is 0 Å². The Kier molecular flexibility index (Phi) is 3.55. The van der Waals surface area contributed by atoms with E-state index in [0.29, 0.717) is 5.69 Å². The van der Waals surface area contributed by atoms with E-state index in [-0.39, 0.29) is 88.4 Å². The zero-order chi connectivity index (χ0) is 58.3. The van der Waals surface area contributed by atoms with Crippen LogP contribution in [0.5, 0.6) is 0 Å². The van der Waals surface area contributed by atoms with Crippen molar-refractivity contribution in [2.24, 2.45) is 0 Å². The van der Waals surface area contributed by atoms with Crippen LogP contribution in [0, 0.1) is 0 Å². The van der Waals surface area contributed by atoms with Crippen LogP contribution in [0.4, 0.5) is 0 Å². The Morgan fingerprint density at radius 1 is 0.351 bits per heavy atom. The highest BCUT2D eigenvalue weighted by Crippen LogP contribution is 2.42. The van der Waals surface area contributed by atoms with Gasteiger partial charge in [0.15, 0.2) is 0 Å². The molecule has 3 nitrogen and oxygen atoms in total. The smallest absolute Gasteiger partial charge is 0.135 e. The summed E-state index contributed by atoms with van der Waals surface area (Å²) in [5, 5.41) is -1.43. The van der Waals surface area contributed by atoms with Gasteiger partial charge in [0.1, 0.15) is 11.2 Å². The maximum atomic E-state index is 10.1. The highest BCUT2D eigenvalue weighted by Gasteiger charge is 2.19. The molecule has 0 saturated carbocycles. The van der Waals surface area contributed by atoms with E-state index in [2.05, 4.69) is 0 Å². The molecule has 0 amide bonds. The van der Waals surface area contributed by atoms with Gasteiger partial charge in [-0.15, -0.1) is 0 Å². The van der Waals surface area contributed by atoms with Gasteiger partial charge in [-0.1, -0.05) is 133 Å². The van der Waals surface area contributed by atoms with E-state index < -0.39 is 161 Å². The molecule has 0 saturated heterocycles. The molecule has 266 valence electrons. The van der Waals surface area contributed by atoms with Crippen LogP contribution < -0.4 is 0 Å². The first-order valence-corrected chi connectivity index (χ1v) is 17.5. The second-order valence-corrected chi connectivity index (χ2v) is 13.0. The molecule has 0 spiro atoms. The summed E-state index contributed by atoms with van der Waals surface area (Å²) in [6.07, 6.45) is 0. The molecule has 0 fully saturated rings. The first kappa shape index (κ1) is 16.2. The average Bonchev–Trinajstić information content (AvgIpc) is 3.74. The molecule has 0 atom stereocenters. The minimum atomic E-state index is -0.816. The molecule has 0 bridgehead atoms. The van der Waals surface area contributed by atoms with E-state index in [0.717, 1.165) is 18.2 Å². The van der Waals surface area contributed by atoms with Crippen molar-refractivity contribution >= 4 is 65.6 Å². The van der Waals surface area contributed by atoms with Crippen molar-refractivity contribution in [3.05, 3.63) is 206 Å². The molecule has 0 radical (unpaired) electrons. The van der Waals surface area contributed by atoms with Crippen LogP contribution in [0.1, 0.15) is 32.9 Å². The van der Waals surface area contributed by atoms with Gasteiger partial charge in [-0.2, -0.15) is 0 Å². The van der Waals surface area contributed by atoms with Crippen LogP contribution in [-0.2, 0) is 0 Å². The van der Waals surface area contributed by atoms with Crippen molar-refractivity contribution in [1.29, 1.82) is 0 Å². The lowest BCUT2D eigenvalue weighted by Crippen LogP contribution is -1.95. The molecule has 12 rings (SSSR count). The molecule has 3 heterocycles. The number of hydrogen-bond donors (Lipinski definition) is 0. The van der Waals surface area contributed by atoms with Crippen molar-refractivity contribution in [3.63, 3.8) is 0 Å². The predicted octanol–water partition coefficient (Wildman–Crippen LogP) is 14.8. The summed E-state index contributed by atoms with van der Waals surface area (Å²) in [5.41, 5.74) is -3.90. The minimum absolute atomic E-state index is 0.103. The Balaban J connectivity index is 1.20. The Morgan fingerprint density at radius 3 is 2.00 bits per heavy atom. The van der Waals surface area contributed by atoms with Gasteiger partial charge in [0.25, 0.3) is 0 Å². The molecular weight excluding hydrogens is 693 g/mol. The van der Waals surface area contributed by atoms with Crippen molar-refractivity contribution in [2.75, 3.05) is 0 Å². The summed E-state index contributed by atoms with van der Waals surface area (Å²) in [6, 6.07) is -0.847. The maximum Gasteiger partial charge on any atom is 0.135 e. The number of rotatable bonds is 5. The summed E-state index contributed by atoms with van der Waals surface area (Å²) >= 11 is 0. The van der Waals surface area contributed by atoms with E-state index >= 15 is 0 Å². The molecule has 0 aliphatic rings. The van der Waals surface area contributed by atoms with Gasteiger partial charge < -0.3 is 13.6 Å². The lowest BCUT2D eigenvalue weighted by atomic mass is 9.98. The highest BCUT2D eigenvalue weighted by molar-refractivity contribution is 6.16. The van der Waals surface area contributed by atoms with Gasteiger partial charge in [0.05, 0.1) is 55.0 Å². The van der Waals surface area contributed by atoms with E-state index in [9.17, 15) is 13.7 Å². The number of fused-ring (bicyclic) bond motifs is 9. The Bertz CT molecular complexity index is 4930. The molecule has 0 unspecified atom stereocenters. The zero-order valence-corrected chi connectivity index (χ0v) is 29.1. The summed E-state index contributed by atoms with van der Waals surface area (Å²) < 4.78 is 227. The minimum Gasteiger partial charge on any atom is -0.456 e. The molecule has 12 aromatic rings. The monoisotopic (exact) mass is 750 g/mol. The highest BCUT2D eigenvalue weighted by atomic mass is 16.3. The van der Waals surface area contributed by atoms with Gasteiger partial charge in [-0.25, -0.2) is 0 Å². The van der Waals surface area contributed by atoms with Crippen LogP contribution >= 0.6 is 0 Å². The topological polar surface area (TPSA) is 23.0 Å². The number of hydrogen-bond acceptors (Lipinski definition) is 1. The average molecular weight is 751 g/mol. The van der Waals surface area contributed by atoms with Crippen molar-refractivity contribution < 1.29 is 37.3 Å². The van der Waals surface area contributed by atoms with Crippen LogP contribution in [0.3, 0.4) is 0 Å². The van der Waals surface area contributed by atoms with Crippen LogP contribution in [0.2, 0.25) is 0 Å². The number of nitrogens with zero attached hydrogens (tertiary/aromatic N) is 2. The molecule has 0 N–H and O–H groups in total. The van der Waals surface area contributed by atoms with Gasteiger partial charge >= 0.3 is 0 Å². The molecule has 3 aromatic heterocycles.